The van der Waals surface area contributed by atoms with Crippen LogP contribution < -0.4 is 5.32 Å². The molecule has 0 aliphatic carbocycles. The fraction of sp³-hybridized carbons (Fsp3) is 0.562. The Balaban J connectivity index is 2.64. The Morgan fingerprint density at radius 2 is 1.74 bits per heavy atom. The van der Waals surface area contributed by atoms with Gasteiger partial charge in [-0.25, -0.2) is 13.2 Å². The van der Waals surface area contributed by atoms with E-state index in [9.17, 15) is 13.2 Å². The van der Waals surface area contributed by atoms with Crippen LogP contribution in [-0.2, 0) is 9.84 Å². The molecule has 23 heavy (non-hydrogen) atoms. The molecule has 0 saturated carbocycles. The number of carbonyl (C=O) groups is 1. The largest absolute Gasteiger partial charge is 0.337 e. The Hall–Kier alpha value is -1.60. The maximum atomic E-state index is 12.3. The normalized spacial score (nSPS) is 11.7. The SMILES string of the molecule is CC(C)N(CCS(=O)(=O)c1ccccc1)C(=O)NCCN(C)C. The van der Waals surface area contributed by atoms with E-state index in [1.807, 2.05) is 32.8 Å². The van der Waals surface area contributed by atoms with E-state index in [4.69, 9.17) is 0 Å². The number of hydrogen-bond donors (Lipinski definition) is 1. The predicted molar refractivity (Wildman–Crippen MR) is 92.3 cm³/mol. The van der Waals surface area contributed by atoms with Crippen LogP contribution in [0, 0.1) is 0 Å². The highest BCUT2D eigenvalue weighted by molar-refractivity contribution is 7.91. The van der Waals surface area contributed by atoms with E-state index in [0.717, 1.165) is 6.54 Å². The van der Waals surface area contributed by atoms with Gasteiger partial charge in [0.25, 0.3) is 0 Å². The third kappa shape index (κ3) is 6.58. The van der Waals surface area contributed by atoms with Gasteiger partial charge in [0, 0.05) is 25.7 Å². The van der Waals surface area contributed by atoms with Crippen molar-refractivity contribution in [2.75, 3.05) is 39.5 Å². The number of hydrogen-bond acceptors (Lipinski definition) is 4. The Labute approximate surface area is 139 Å². The van der Waals surface area contributed by atoms with Gasteiger partial charge in [0.05, 0.1) is 10.6 Å². The van der Waals surface area contributed by atoms with E-state index >= 15 is 0 Å². The number of nitrogens with zero attached hydrogens (tertiary/aromatic N) is 2. The Bertz CT molecular complexity index is 586. The van der Waals surface area contributed by atoms with Crippen LogP contribution in [-0.4, -0.2) is 69.8 Å². The molecule has 0 bridgehead atoms. The molecule has 0 saturated heterocycles. The van der Waals surface area contributed by atoms with Crippen LogP contribution in [0.5, 0.6) is 0 Å². The monoisotopic (exact) mass is 341 g/mol. The van der Waals surface area contributed by atoms with E-state index < -0.39 is 9.84 Å². The first kappa shape index (κ1) is 19.4. The first-order valence-corrected chi connectivity index (χ1v) is 9.36. The lowest BCUT2D eigenvalue weighted by Gasteiger charge is -2.27. The molecule has 1 rings (SSSR count). The van der Waals surface area contributed by atoms with Crippen LogP contribution in [0.15, 0.2) is 35.2 Å². The van der Waals surface area contributed by atoms with Gasteiger partial charge in [0.1, 0.15) is 0 Å². The molecule has 1 aromatic rings. The molecule has 0 fully saturated rings. The second-order valence-electron chi connectivity index (χ2n) is 5.95. The molecule has 1 aromatic carbocycles. The van der Waals surface area contributed by atoms with Crippen molar-refractivity contribution in [1.82, 2.24) is 15.1 Å². The third-order valence-electron chi connectivity index (χ3n) is 3.42. The van der Waals surface area contributed by atoms with E-state index in [2.05, 4.69) is 5.32 Å². The number of urea groups is 1. The molecule has 0 unspecified atom stereocenters. The fourth-order valence-electron chi connectivity index (χ4n) is 2.05. The highest BCUT2D eigenvalue weighted by Gasteiger charge is 2.21. The third-order valence-corrected chi connectivity index (χ3v) is 5.13. The van der Waals surface area contributed by atoms with Crippen molar-refractivity contribution in [1.29, 1.82) is 0 Å². The molecular formula is C16H27N3O3S. The van der Waals surface area contributed by atoms with Crippen LogP contribution in [0.2, 0.25) is 0 Å². The van der Waals surface area contributed by atoms with Crippen molar-refractivity contribution in [2.24, 2.45) is 0 Å². The lowest BCUT2D eigenvalue weighted by atomic mass is 10.3. The summed E-state index contributed by atoms with van der Waals surface area (Å²) in [5, 5.41) is 2.82. The van der Waals surface area contributed by atoms with Gasteiger partial charge in [-0.3, -0.25) is 0 Å². The van der Waals surface area contributed by atoms with Gasteiger partial charge in [-0.15, -0.1) is 0 Å². The number of rotatable bonds is 8. The summed E-state index contributed by atoms with van der Waals surface area (Å²) >= 11 is 0. The molecule has 0 heterocycles. The highest BCUT2D eigenvalue weighted by atomic mass is 32.2. The number of benzene rings is 1. The summed E-state index contributed by atoms with van der Waals surface area (Å²) in [6.45, 7) is 5.19. The summed E-state index contributed by atoms with van der Waals surface area (Å²) in [4.78, 5) is 16.0. The molecule has 7 heteroatoms. The molecular weight excluding hydrogens is 314 g/mol. The molecule has 0 radical (unpaired) electrons. The minimum absolute atomic E-state index is 0.0691. The van der Waals surface area contributed by atoms with Gasteiger partial charge in [-0.2, -0.15) is 0 Å². The maximum Gasteiger partial charge on any atom is 0.317 e. The van der Waals surface area contributed by atoms with Crippen LogP contribution in [0.4, 0.5) is 4.79 Å². The lowest BCUT2D eigenvalue weighted by Crippen LogP contribution is -2.47. The zero-order valence-corrected chi connectivity index (χ0v) is 15.1. The number of likely N-dealkylation sites (N-methyl/N-ethyl adjacent to an activating group) is 1. The topological polar surface area (TPSA) is 69.7 Å². The average Bonchev–Trinajstić information content (AvgIpc) is 2.47. The number of amides is 2. The molecule has 0 aromatic heterocycles. The van der Waals surface area contributed by atoms with Crippen LogP contribution in [0.1, 0.15) is 13.8 Å². The Morgan fingerprint density at radius 1 is 1.13 bits per heavy atom. The van der Waals surface area contributed by atoms with Crippen molar-refractivity contribution in [2.45, 2.75) is 24.8 Å². The van der Waals surface area contributed by atoms with Crippen LogP contribution in [0.25, 0.3) is 0 Å². The lowest BCUT2D eigenvalue weighted by molar-refractivity contribution is 0.186. The first-order chi connectivity index (χ1) is 10.7. The van der Waals surface area contributed by atoms with Crippen molar-refractivity contribution >= 4 is 15.9 Å². The quantitative estimate of drug-likeness (QED) is 0.777. The molecule has 0 aliphatic rings. The highest BCUT2D eigenvalue weighted by Crippen LogP contribution is 2.11. The van der Waals surface area contributed by atoms with E-state index in [0.29, 0.717) is 6.54 Å². The van der Waals surface area contributed by atoms with E-state index in [-0.39, 0.29) is 29.3 Å². The fourth-order valence-corrected chi connectivity index (χ4v) is 3.29. The van der Waals surface area contributed by atoms with Gasteiger partial charge >= 0.3 is 6.03 Å². The van der Waals surface area contributed by atoms with Crippen molar-refractivity contribution in [3.63, 3.8) is 0 Å². The second kappa shape index (κ2) is 8.88. The zero-order chi connectivity index (χ0) is 17.5. The van der Waals surface area contributed by atoms with Crippen LogP contribution >= 0.6 is 0 Å². The summed E-state index contributed by atoms with van der Waals surface area (Å²) in [7, 11) is 0.473. The Kier molecular flexibility index (Phi) is 7.51. The molecule has 0 atom stereocenters. The van der Waals surface area contributed by atoms with Gasteiger partial charge < -0.3 is 15.1 Å². The van der Waals surface area contributed by atoms with Crippen molar-refractivity contribution < 1.29 is 13.2 Å². The molecule has 1 N–H and O–H groups in total. The molecule has 2 amide bonds. The number of nitrogens with one attached hydrogen (secondary N) is 1. The summed E-state index contributed by atoms with van der Waals surface area (Å²) in [5.41, 5.74) is 0. The van der Waals surface area contributed by atoms with E-state index in [1.54, 1.807) is 35.2 Å². The minimum atomic E-state index is -3.39. The van der Waals surface area contributed by atoms with E-state index in [1.165, 1.54) is 0 Å². The van der Waals surface area contributed by atoms with Gasteiger partial charge in [0.2, 0.25) is 0 Å². The summed E-state index contributed by atoms with van der Waals surface area (Å²) in [6.07, 6.45) is 0. The molecule has 0 aliphatic heterocycles. The minimum Gasteiger partial charge on any atom is -0.337 e. The average molecular weight is 341 g/mol. The molecule has 130 valence electrons. The predicted octanol–water partition coefficient (Wildman–Crippen LogP) is 1.44. The van der Waals surface area contributed by atoms with Crippen molar-refractivity contribution in [3.8, 4) is 0 Å². The summed E-state index contributed by atoms with van der Waals surface area (Å²) in [5.74, 6) is -0.0870. The standard InChI is InChI=1S/C16H27N3O3S/c1-14(2)19(16(20)17-10-11-18(3)4)12-13-23(21,22)15-8-6-5-7-9-15/h5-9,14H,10-13H2,1-4H3,(H,17,20). The van der Waals surface area contributed by atoms with Gasteiger partial charge in [0.15, 0.2) is 9.84 Å². The van der Waals surface area contributed by atoms with Crippen molar-refractivity contribution in [3.05, 3.63) is 30.3 Å². The van der Waals surface area contributed by atoms with Gasteiger partial charge in [-0.1, -0.05) is 18.2 Å². The Morgan fingerprint density at radius 3 is 2.26 bits per heavy atom. The van der Waals surface area contributed by atoms with Gasteiger partial charge in [-0.05, 0) is 40.1 Å². The first-order valence-electron chi connectivity index (χ1n) is 7.71. The van der Waals surface area contributed by atoms with Crippen LogP contribution in [0.3, 0.4) is 0 Å². The second-order valence-corrected chi connectivity index (χ2v) is 8.06. The molecule has 0 spiro atoms. The number of carbonyl (C=O) groups excluding carboxylic acids is 1. The zero-order valence-electron chi connectivity index (χ0n) is 14.3. The molecule has 6 nitrogen and oxygen atoms in total. The summed E-state index contributed by atoms with van der Waals surface area (Å²) < 4.78 is 24.6. The summed E-state index contributed by atoms with van der Waals surface area (Å²) in [6, 6.07) is 8.02. The number of sulfone groups is 1. The smallest absolute Gasteiger partial charge is 0.317 e. The maximum absolute atomic E-state index is 12.3.